The van der Waals surface area contributed by atoms with Gasteiger partial charge >= 0.3 is 0 Å². The number of nitrogens with one attached hydrogen (secondary N) is 1. The fraction of sp³-hybridized carbons (Fsp3) is 0.519. The molecule has 6 rings (SSSR count). The minimum absolute atomic E-state index is 0.0478. The molecule has 5 heterocycles. The standard InChI is InChI=1S/C27H33N7O3/c1-17-22-14-29-27(31-25(22)34(19-5-3-4-6-19)26(36)24(17)18(2)35)30-23-8-7-20(13-28-23)33-15-21(16-33)32-9-11-37-12-10-32/h7-8,13-14,19,21H,3-6,9-12,15-16H2,1-2H3,(H,28,29,30,31). The van der Waals surface area contributed by atoms with Crippen molar-refractivity contribution in [3.05, 3.63) is 46.0 Å². The van der Waals surface area contributed by atoms with Crippen LogP contribution in [0.5, 0.6) is 0 Å². The molecule has 0 unspecified atom stereocenters. The predicted molar refractivity (Wildman–Crippen MR) is 142 cm³/mol. The topological polar surface area (TPSA) is 105 Å². The van der Waals surface area contributed by atoms with Crippen LogP contribution in [-0.2, 0) is 4.74 Å². The summed E-state index contributed by atoms with van der Waals surface area (Å²) in [5.41, 5.74) is 2.30. The van der Waals surface area contributed by atoms with Gasteiger partial charge in [-0.3, -0.25) is 19.1 Å². The Labute approximate surface area is 215 Å². The van der Waals surface area contributed by atoms with Crippen LogP contribution >= 0.6 is 0 Å². The molecule has 10 heteroatoms. The summed E-state index contributed by atoms with van der Waals surface area (Å²) in [6.07, 6.45) is 7.54. The molecule has 1 aliphatic carbocycles. The van der Waals surface area contributed by atoms with Crippen molar-refractivity contribution in [1.82, 2.24) is 24.4 Å². The molecule has 0 atom stereocenters. The van der Waals surface area contributed by atoms with E-state index in [0.29, 0.717) is 29.0 Å². The first-order valence-corrected chi connectivity index (χ1v) is 13.2. The lowest BCUT2D eigenvalue weighted by molar-refractivity contribution is 0.0105. The van der Waals surface area contributed by atoms with E-state index < -0.39 is 0 Å². The van der Waals surface area contributed by atoms with Crippen molar-refractivity contribution in [3.63, 3.8) is 0 Å². The van der Waals surface area contributed by atoms with Gasteiger partial charge in [0.15, 0.2) is 5.78 Å². The lowest BCUT2D eigenvalue weighted by Crippen LogP contribution is -2.61. The maximum atomic E-state index is 13.4. The van der Waals surface area contributed by atoms with E-state index in [0.717, 1.165) is 76.1 Å². The summed E-state index contributed by atoms with van der Waals surface area (Å²) >= 11 is 0. The number of fused-ring (bicyclic) bond motifs is 1. The second-order valence-corrected chi connectivity index (χ2v) is 10.3. The monoisotopic (exact) mass is 503 g/mol. The first-order valence-electron chi connectivity index (χ1n) is 13.2. The SMILES string of the molecule is CC(=O)c1c(C)c2cnc(Nc3ccc(N4CC(N5CCOCC5)C4)cn3)nc2n(C2CCCC2)c1=O. The highest BCUT2D eigenvalue weighted by Crippen LogP contribution is 2.32. The van der Waals surface area contributed by atoms with Gasteiger partial charge in [0.1, 0.15) is 11.5 Å². The number of carbonyl (C=O) groups is 1. The minimum Gasteiger partial charge on any atom is -0.379 e. The average Bonchev–Trinajstić information content (AvgIpc) is 3.39. The summed E-state index contributed by atoms with van der Waals surface area (Å²) in [7, 11) is 0. The van der Waals surface area contributed by atoms with E-state index in [4.69, 9.17) is 9.72 Å². The summed E-state index contributed by atoms with van der Waals surface area (Å²) in [4.78, 5) is 44.4. The number of ether oxygens (including phenoxy) is 1. The van der Waals surface area contributed by atoms with Crippen molar-refractivity contribution < 1.29 is 9.53 Å². The molecule has 3 aliphatic rings. The Morgan fingerprint density at radius 1 is 1.05 bits per heavy atom. The number of ketones is 1. The quantitative estimate of drug-likeness (QED) is 0.508. The highest BCUT2D eigenvalue weighted by atomic mass is 16.5. The zero-order valence-corrected chi connectivity index (χ0v) is 21.4. The summed E-state index contributed by atoms with van der Waals surface area (Å²) in [6, 6.07) is 4.62. The molecule has 194 valence electrons. The van der Waals surface area contributed by atoms with E-state index in [-0.39, 0.29) is 22.9 Å². The maximum absolute atomic E-state index is 13.4. The number of morpholine rings is 1. The molecule has 2 saturated heterocycles. The zero-order valence-electron chi connectivity index (χ0n) is 21.4. The first kappa shape index (κ1) is 24.0. The molecule has 2 aliphatic heterocycles. The number of hydrogen-bond acceptors (Lipinski definition) is 9. The van der Waals surface area contributed by atoms with Gasteiger partial charge in [-0.25, -0.2) is 9.97 Å². The fourth-order valence-electron chi connectivity index (χ4n) is 5.91. The number of aromatic nitrogens is 4. The van der Waals surface area contributed by atoms with Crippen molar-refractivity contribution in [3.8, 4) is 0 Å². The van der Waals surface area contributed by atoms with Gasteiger partial charge in [-0.05, 0) is 44.4 Å². The van der Waals surface area contributed by atoms with Crippen LogP contribution in [0.1, 0.15) is 54.6 Å². The van der Waals surface area contributed by atoms with Crippen LogP contribution in [0.25, 0.3) is 11.0 Å². The molecule has 3 fully saturated rings. The van der Waals surface area contributed by atoms with Crippen LogP contribution in [0.3, 0.4) is 0 Å². The second kappa shape index (κ2) is 9.83. The van der Waals surface area contributed by atoms with Crippen LogP contribution < -0.4 is 15.8 Å². The van der Waals surface area contributed by atoms with Gasteiger partial charge in [-0.2, -0.15) is 4.98 Å². The number of Topliss-reactive ketones (excluding diaryl/α,β-unsaturated/α-hetero) is 1. The Kier molecular flexibility index (Phi) is 6.37. The molecule has 3 aromatic rings. The van der Waals surface area contributed by atoms with Crippen LogP contribution in [-0.4, -0.2) is 75.6 Å². The van der Waals surface area contributed by atoms with E-state index in [9.17, 15) is 9.59 Å². The normalized spacial score (nSPS) is 19.4. The molecule has 0 spiro atoms. The second-order valence-electron chi connectivity index (χ2n) is 10.3. The largest absolute Gasteiger partial charge is 0.379 e. The van der Waals surface area contributed by atoms with Gasteiger partial charge < -0.3 is 15.0 Å². The Hall–Kier alpha value is -3.37. The van der Waals surface area contributed by atoms with Crippen LogP contribution in [0, 0.1) is 6.92 Å². The smallest absolute Gasteiger partial charge is 0.263 e. The van der Waals surface area contributed by atoms with Crippen LogP contribution in [0.2, 0.25) is 0 Å². The lowest BCUT2D eigenvalue weighted by Gasteiger charge is -2.47. The summed E-state index contributed by atoms with van der Waals surface area (Å²) in [5.74, 6) is 0.798. The number of aryl methyl sites for hydroxylation is 1. The molecular weight excluding hydrogens is 470 g/mol. The van der Waals surface area contributed by atoms with Crippen molar-refractivity contribution in [2.45, 2.75) is 51.6 Å². The van der Waals surface area contributed by atoms with Crippen molar-refractivity contribution in [2.75, 3.05) is 49.6 Å². The molecule has 0 radical (unpaired) electrons. The zero-order chi connectivity index (χ0) is 25.5. The van der Waals surface area contributed by atoms with Gasteiger partial charge in [0.2, 0.25) is 5.95 Å². The van der Waals surface area contributed by atoms with Gasteiger partial charge in [0.05, 0.1) is 30.7 Å². The van der Waals surface area contributed by atoms with E-state index in [1.807, 2.05) is 12.3 Å². The molecule has 3 aromatic heterocycles. The Balaban J connectivity index is 1.23. The van der Waals surface area contributed by atoms with Gasteiger partial charge in [-0.1, -0.05) is 12.8 Å². The molecular formula is C27H33N7O3. The van der Waals surface area contributed by atoms with E-state index >= 15 is 0 Å². The Morgan fingerprint density at radius 3 is 2.49 bits per heavy atom. The average molecular weight is 504 g/mol. The predicted octanol–water partition coefficient (Wildman–Crippen LogP) is 3.08. The Bertz CT molecular complexity index is 1370. The third-order valence-corrected chi connectivity index (χ3v) is 8.03. The number of carbonyl (C=O) groups excluding carboxylic acids is 1. The fourth-order valence-corrected chi connectivity index (χ4v) is 5.91. The van der Waals surface area contributed by atoms with E-state index in [1.165, 1.54) is 6.92 Å². The van der Waals surface area contributed by atoms with Gasteiger partial charge in [0.25, 0.3) is 5.56 Å². The highest BCUT2D eigenvalue weighted by Gasteiger charge is 2.33. The molecule has 0 amide bonds. The van der Waals surface area contributed by atoms with Gasteiger partial charge in [-0.15, -0.1) is 0 Å². The number of hydrogen-bond donors (Lipinski definition) is 1. The third-order valence-electron chi connectivity index (χ3n) is 8.03. The minimum atomic E-state index is -0.249. The number of anilines is 3. The van der Waals surface area contributed by atoms with Crippen molar-refractivity contribution in [1.29, 1.82) is 0 Å². The maximum Gasteiger partial charge on any atom is 0.263 e. The molecule has 37 heavy (non-hydrogen) atoms. The number of pyridine rings is 2. The van der Waals surface area contributed by atoms with Crippen molar-refractivity contribution in [2.24, 2.45) is 0 Å². The van der Waals surface area contributed by atoms with Gasteiger partial charge in [0, 0.05) is 49.8 Å². The van der Waals surface area contributed by atoms with Crippen LogP contribution in [0.15, 0.2) is 29.3 Å². The highest BCUT2D eigenvalue weighted by molar-refractivity contribution is 5.99. The van der Waals surface area contributed by atoms with Crippen LogP contribution in [0.4, 0.5) is 17.5 Å². The summed E-state index contributed by atoms with van der Waals surface area (Å²) in [5, 5.41) is 3.93. The lowest BCUT2D eigenvalue weighted by atomic mass is 10.0. The molecule has 0 bridgehead atoms. The summed E-state index contributed by atoms with van der Waals surface area (Å²) in [6.45, 7) is 8.92. The molecule has 1 saturated carbocycles. The molecule has 10 nitrogen and oxygen atoms in total. The van der Waals surface area contributed by atoms with Crippen molar-refractivity contribution >= 4 is 34.3 Å². The third kappa shape index (κ3) is 4.48. The molecule has 1 N–H and O–H groups in total. The summed E-state index contributed by atoms with van der Waals surface area (Å²) < 4.78 is 7.19. The number of rotatable bonds is 6. The van der Waals surface area contributed by atoms with E-state index in [2.05, 4.69) is 31.2 Å². The number of nitrogens with zero attached hydrogens (tertiary/aromatic N) is 6. The molecule has 0 aromatic carbocycles. The van der Waals surface area contributed by atoms with E-state index in [1.54, 1.807) is 17.7 Å². The first-order chi connectivity index (χ1) is 18.0. The Morgan fingerprint density at radius 2 is 1.81 bits per heavy atom.